The summed E-state index contributed by atoms with van der Waals surface area (Å²) in [7, 11) is 2.12. The summed E-state index contributed by atoms with van der Waals surface area (Å²) < 4.78 is 11.1. The predicted octanol–water partition coefficient (Wildman–Crippen LogP) is 8.07. The van der Waals surface area contributed by atoms with Gasteiger partial charge in [0.2, 0.25) is 0 Å². The summed E-state index contributed by atoms with van der Waals surface area (Å²) in [5.74, 6) is -0.678. The maximum atomic E-state index is 12.1. The van der Waals surface area contributed by atoms with Crippen molar-refractivity contribution in [2.75, 3.05) is 13.6 Å². The van der Waals surface area contributed by atoms with E-state index < -0.39 is 16.0 Å². The molecule has 1 aliphatic heterocycles. The van der Waals surface area contributed by atoms with Crippen molar-refractivity contribution < 1.29 is 19.4 Å². The molecule has 236 valence electrons. The molecular weight excluding hydrogens is 631 g/mol. The molecule has 0 bridgehead atoms. The Kier molecular flexibility index (Phi) is 11.2. The summed E-state index contributed by atoms with van der Waals surface area (Å²) in [5, 5.41) is 12.2. The van der Waals surface area contributed by atoms with Gasteiger partial charge in [0.15, 0.2) is 6.29 Å². The number of benzene rings is 4. The summed E-state index contributed by atoms with van der Waals surface area (Å²) in [6.45, 7) is 3.15. The van der Waals surface area contributed by atoms with Crippen LogP contribution in [0.3, 0.4) is 0 Å². The van der Waals surface area contributed by atoms with Crippen LogP contribution in [0.2, 0.25) is 0 Å². The molecule has 1 heterocycles. The lowest BCUT2D eigenvalue weighted by Crippen LogP contribution is -2.38. The number of amides is 1. The molecule has 0 unspecified atom stereocenters. The van der Waals surface area contributed by atoms with Crippen molar-refractivity contribution in [1.82, 2.24) is 10.2 Å². The molecule has 1 amide bonds. The summed E-state index contributed by atoms with van der Waals surface area (Å²) in [5.41, 5.74) is 6.88. The predicted molar refractivity (Wildman–Crippen MR) is 180 cm³/mol. The van der Waals surface area contributed by atoms with Crippen LogP contribution < -0.4 is 5.32 Å². The Labute approximate surface area is 279 Å². The molecule has 0 spiro atoms. The van der Waals surface area contributed by atoms with E-state index in [0.29, 0.717) is 6.42 Å². The first-order valence-corrected chi connectivity index (χ1v) is 16.0. The van der Waals surface area contributed by atoms with Crippen LogP contribution in [0.1, 0.15) is 59.6 Å². The van der Waals surface area contributed by atoms with Crippen molar-refractivity contribution in [2.24, 2.45) is 0 Å². The lowest BCUT2D eigenvalue weighted by molar-refractivity contribution is -0.253. The van der Waals surface area contributed by atoms with Crippen LogP contribution in [0.15, 0.2) is 103 Å². The summed E-state index contributed by atoms with van der Waals surface area (Å²) in [4.78, 5) is 14.4. The van der Waals surface area contributed by atoms with E-state index in [1.54, 1.807) is 0 Å². The average Bonchev–Trinajstić information content (AvgIpc) is 3.07. The third-order valence-electron chi connectivity index (χ3n) is 8.26. The van der Waals surface area contributed by atoms with Crippen LogP contribution in [0.5, 0.6) is 0 Å². The van der Waals surface area contributed by atoms with Crippen molar-refractivity contribution >= 4 is 40.7 Å². The van der Waals surface area contributed by atoms with E-state index in [9.17, 15) is 9.90 Å². The fourth-order valence-electron chi connectivity index (χ4n) is 5.55. The molecule has 45 heavy (non-hydrogen) atoms. The van der Waals surface area contributed by atoms with Crippen LogP contribution in [-0.2, 0) is 27.4 Å². The standard InChI is InChI=1S/C36H37Cl3N2O4/c1-24(26-8-4-3-5-9-26)41(2)22-31-20-33(28-14-12-25(23-42)13-15-28)45-34(44-31)29-18-16-27(17-19-29)32-11-7-6-10-30(32)21-40-35(43)36(37,38)39/h3-19,24,31,33-34,42H,20-23H2,1-2H3,(H,40,43)/t24-,31+,33-,34-/m0/s1. The fraction of sp³-hybridized carbons (Fsp3) is 0.306. The smallest absolute Gasteiger partial charge is 0.272 e. The molecule has 5 rings (SSSR count). The zero-order valence-electron chi connectivity index (χ0n) is 25.2. The van der Waals surface area contributed by atoms with Gasteiger partial charge in [-0.1, -0.05) is 138 Å². The van der Waals surface area contributed by atoms with E-state index in [2.05, 4.69) is 48.5 Å². The van der Waals surface area contributed by atoms with Gasteiger partial charge >= 0.3 is 0 Å². The first kappa shape index (κ1) is 33.4. The van der Waals surface area contributed by atoms with Gasteiger partial charge in [0.25, 0.3) is 9.70 Å². The Morgan fingerprint density at radius 2 is 1.56 bits per heavy atom. The van der Waals surface area contributed by atoms with Crippen molar-refractivity contribution in [3.8, 4) is 11.1 Å². The highest BCUT2D eigenvalue weighted by atomic mass is 35.6. The van der Waals surface area contributed by atoms with Gasteiger partial charge in [-0.2, -0.15) is 0 Å². The number of hydrogen-bond donors (Lipinski definition) is 2. The molecule has 4 aromatic rings. The maximum Gasteiger partial charge on any atom is 0.272 e. The SMILES string of the molecule is C[C@@H](c1ccccc1)N(C)C[C@H]1C[C@@H](c2ccc(CO)cc2)O[C@@H](c2ccc(-c3ccccc3CNC(=O)C(Cl)(Cl)Cl)cc2)O1. The molecule has 4 aromatic carbocycles. The number of ether oxygens (including phenoxy) is 2. The van der Waals surface area contributed by atoms with E-state index in [0.717, 1.165) is 39.9 Å². The van der Waals surface area contributed by atoms with Crippen molar-refractivity contribution in [3.63, 3.8) is 0 Å². The number of aliphatic hydroxyl groups excluding tert-OH is 1. The van der Waals surface area contributed by atoms with Gasteiger partial charge in [0.05, 0.1) is 18.8 Å². The van der Waals surface area contributed by atoms with Gasteiger partial charge in [-0.05, 0) is 47.4 Å². The number of alkyl halides is 3. The normalized spacial score (nSPS) is 19.3. The van der Waals surface area contributed by atoms with Crippen molar-refractivity contribution in [3.05, 3.63) is 131 Å². The third kappa shape index (κ3) is 8.66. The molecule has 4 atom stereocenters. The largest absolute Gasteiger partial charge is 0.392 e. The lowest BCUT2D eigenvalue weighted by atomic mass is 9.97. The molecule has 1 fully saturated rings. The van der Waals surface area contributed by atoms with Gasteiger partial charge in [-0.15, -0.1) is 0 Å². The Bertz CT molecular complexity index is 1550. The lowest BCUT2D eigenvalue weighted by Gasteiger charge is -2.39. The highest BCUT2D eigenvalue weighted by molar-refractivity contribution is 6.76. The van der Waals surface area contributed by atoms with Crippen LogP contribution in [0, 0.1) is 0 Å². The maximum absolute atomic E-state index is 12.1. The Morgan fingerprint density at radius 1 is 0.911 bits per heavy atom. The number of nitrogens with one attached hydrogen (secondary N) is 1. The van der Waals surface area contributed by atoms with E-state index in [1.807, 2.05) is 78.9 Å². The van der Waals surface area contributed by atoms with Crippen molar-refractivity contribution in [1.29, 1.82) is 0 Å². The van der Waals surface area contributed by atoms with E-state index in [1.165, 1.54) is 5.56 Å². The van der Waals surface area contributed by atoms with Crippen LogP contribution in [-0.4, -0.2) is 39.4 Å². The second kappa shape index (κ2) is 15.1. The minimum Gasteiger partial charge on any atom is -0.392 e. The second-order valence-electron chi connectivity index (χ2n) is 11.3. The summed E-state index contributed by atoms with van der Waals surface area (Å²) in [6.07, 6.45) is -0.126. The second-order valence-corrected chi connectivity index (χ2v) is 13.6. The number of rotatable bonds is 10. The fourth-order valence-corrected chi connectivity index (χ4v) is 5.75. The van der Waals surface area contributed by atoms with E-state index >= 15 is 0 Å². The average molecular weight is 668 g/mol. The number of carbonyl (C=O) groups is 1. The summed E-state index contributed by atoms with van der Waals surface area (Å²) in [6, 6.07) is 34.4. The zero-order valence-corrected chi connectivity index (χ0v) is 27.5. The van der Waals surface area contributed by atoms with Crippen LogP contribution in [0.25, 0.3) is 11.1 Å². The van der Waals surface area contributed by atoms with E-state index in [-0.39, 0.29) is 31.4 Å². The number of nitrogens with zero attached hydrogens (tertiary/aromatic N) is 1. The van der Waals surface area contributed by atoms with Crippen LogP contribution in [0.4, 0.5) is 0 Å². The zero-order chi connectivity index (χ0) is 32.0. The molecule has 0 radical (unpaired) electrons. The number of carbonyl (C=O) groups excluding carboxylic acids is 1. The van der Waals surface area contributed by atoms with E-state index in [4.69, 9.17) is 44.3 Å². The highest BCUT2D eigenvalue weighted by Gasteiger charge is 2.34. The van der Waals surface area contributed by atoms with Gasteiger partial charge in [-0.25, -0.2) is 0 Å². The Hall–Kier alpha value is -2.94. The summed E-state index contributed by atoms with van der Waals surface area (Å²) >= 11 is 17.2. The molecule has 1 aliphatic rings. The van der Waals surface area contributed by atoms with Gasteiger partial charge in [0, 0.05) is 31.1 Å². The first-order chi connectivity index (χ1) is 21.6. The highest BCUT2D eigenvalue weighted by Crippen LogP contribution is 2.39. The molecule has 6 nitrogen and oxygen atoms in total. The molecule has 1 saturated heterocycles. The van der Waals surface area contributed by atoms with Gasteiger partial charge < -0.3 is 19.9 Å². The number of likely N-dealkylation sites (N-methyl/N-ethyl adjacent to an activating group) is 1. The minimum atomic E-state index is -2.03. The minimum absolute atomic E-state index is 0.00289. The topological polar surface area (TPSA) is 71.0 Å². The van der Waals surface area contributed by atoms with Gasteiger partial charge in [0.1, 0.15) is 0 Å². The Balaban J connectivity index is 1.35. The molecule has 2 N–H and O–H groups in total. The number of hydrogen-bond acceptors (Lipinski definition) is 5. The molecule has 0 aromatic heterocycles. The number of aliphatic hydroxyl groups is 1. The Morgan fingerprint density at radius 3 is 2.22 bits per heavy atom. The molecule has 9 heteroatoms. The third-order valence-corrected chi connectivity index (χ3v) is 8.77. The van der Waals surface area contributed by atoms with Crippen LogP contribution >= 0.6 is 34.8 Å². The molecule has 0 aliphatic carbocycles. The molecular formula is C36H37Cl3N2O4. The number of halogens is 3. The van der Waals surface area contributed by atoms with Gasteiger partial charge in [-0.3, -0.25) is 9.69 Å². The monoisotopic (exact) mass is 666 g/mol. The van der Waals surface area contributed by atoms with Crippen molar-refractivity contribution in [2.45, 2.75) is 54.8 Å². The first-order valence-electron chi connectivity index (χ1n) is 14.9. The quantitative estimate of drug-likeness (QED) is 0.168. The molecule has 0 saturated carbocycles.